The van der Waals surface area contributed by atoms with Crippen molar-refractivity contribution in [1.29, 1.82) is 0 Å². The van der Waals surface area contributed by atoms with E-state index in [1.54, 1.807) is 7.11 Å². The molecule has 0 amide bonds. The number of piperazine rings is 1. The number of sulfonamides is 1. The molecule has 7 heteroatoms. The summed E-state index contributed by atoms with van der Waals surface area (Å²) in [7, 11) is -1.51. The molecule has 1 aliphatic rings. The molecule has 2 rings (SSSR count). The van der Waals surface area contributed by atoms with E-state index in [1.165, 1.54) is 10.6 Å². The van der Waals surface area contributed by atoms with Crippen molar-refractivity contribution in [2.24, 2.45) is 0 Å². The Morgan fingerprint density at radius 2 is 1.80 bits per heavy atom. The summed E-state index contributed by atoms with van der Waals surface area (Å²) in [5.74, 6) is 0.649. The quantitative estimate of drug-likeness (QED) is 0.830. The van der Waals surface area contributed by atoms with Crippen molar-refractivity contribution in [2.75, 3.05) is 50.2 Å². The van der Waals surface area contributed by atoms with E-state index in [9.17, 15) is 8.42 Å². The Bertz CT molecular complexity index is 593. The number of aryl methyl sites for hydroxylation is 1. The molecule has 0 aliphatic carbocycles. The standard InChI is InChI=1S/C13H21N3O3S/c1-10-8-11(14)13(19-2)9-12(10)15-4-6-16(7-5-15)20(3,17)18/h8-9H,4-7,14H2,1-3H3. The SMILES string of the molecule is COc1cc(N2CCN(S(C)(=O)=O)CC2)c(C)cc1N. The molecule has 1 saturated heterocycles. The number of anilines is 2. The van der Waals surface area contributed by atoms with Crippen LogP contribution in [0, 0.1) is 6.92 Å². The topological polar surface area (TPSA) is 75.9 Å². The van der Waals surface area contributed by atoms with Gasteiger partial charge in [0.2, 0.25) is 10.0 Å². The summed E-state index contributed by atoms with van der Waals surface area (Å²) in [5.41, 5.74) is 8.60. The molecule has 1 aliphatic heterocycles. The van der Waals surface area contributed by atoms with Gasteiger partial charge < -0.3 is 15.4 Å². The fraction of sp³-hybridized carbons (Fsp3) is 0.538. The first-order chi connectivity index (χ1) is 9.32. The van der Waals surface area contributed by atoms with E-state index in [1.807, 2.05) is 19.1 Å². The molecule has 0 aromatic heterocycles. The van der Waals surface area contributed by atoms with Crippen LogP contribution in [0.5, 0.6) is 5.75 Å². The van der Waals surface area contributed by atoms with Crippen LogP contribution < -0.4 is 15.4 Å². The van der Waals surface area contributed by atoms with Crippen LogP contribution in [0.15, 0.2) is 12.1 Å². The maximum atomic E-state index is 11.5. The highest BCUT2D eigenvalue weighted by Crippen LogP contribution is 2.31. The summed E-state index contributed by atoms with van der Waals surface area (Å²) < 4.78 is 29.8. The molecule has 0 spiro atoms. The smallest absolute Gasteiger partial charge is 0.211 e. The molecule has 0 radical (unpaired) electrons. The minimum absolute atomic E-state index is 0.505. The largest absolute Gasteiger partial charge is 0.495 e. The van der Waals surface area contributed by atoms with Crippen LogP contribution in [0.4, 0.5) is 11.4 Å². The molecule has 1 aromatic carbocycles. The molecule has 2 N–H and O–H groups in total. The zero-order valence-corrected chi connectivity index (χ0v) is 12.9. The van der Waals surface area contributed by atoms with Gasteiger partial charge in [-0.2, -0.15) is 4.31 Å². The van der Waals surface area contributed by atoms with E-state index in [0.29, 0.717) is 37.6 Å². The first-order valence-corrected chi connectivity index (χ1v) is 8.32. The van der Waals surface area contributed by atoms with Gasteiger partial charge >= 0.3 is 0 Å². The lowest BCUT2D eigenvalue weighted by Gasteiger charge is -2.35. The Morgan fingerprint density at radius 3 is 2.30 bits per heavy atom. The number of nitrogens with two attached hydrogens (primary N) is 1. The molecule has 0 atom stereocenters. The Kier molecular flexibility index (Phi) is 4.10. The van der Waals surface area contributed by atoms with Crippen molar-refractivity contribution >= 4 is 21.4 Å². The van der Waals surface area contributed by atoms with Crippen LogP contribution in [-0.4, -0.2) is 52.3 Å². The van der Waals surface area contributed by atoms with E-state index >= 15 is 0 Å². The molecule has 0 unspecified atom stereocenters. The average molecular weight is 299 g/mol. The number of benzene rings is 1. The van der Waals surface area contributed by atoms with Crippen LogP contribution in [-0.2, 0) is 10.0 Å². The third kappa shape index (κ3) is 2.99. The summed E-state index contributed by atoms with van der Waals surface area (Å²) >= 11 is 0. The molecular weight excluding hydrogens is 278 g/mol. The summed E-state index contributed by atoms with van der Waals surface area (Å²) in [6.45, 7) is 4.34. The highest BCUT2D eigenvalue weighted by atomic mass is 32.2. The Hall–Kier alpha value is -1.47. The summed E-state index contributed by atoms with van der Waals surface area (Å²) in [4.78, 5) is 2.17. The number of hydrogen-bond donors (Lipinski definition) is 1. The number of methoxy groups -OCH3 is 1. The third-order valence-electron chi connectivity index (χ3n) is 3.60. The van der Waals surface area contributed by atoms with Crippen molar-refractivity contribution in [1.82, 2.24) is 4.31 Å². The number of nitrogen functional groups attached to an aromatic ring is 1. The number of ether oxygens (including phenoxy) is 1. The molecule has 0 saturated carbocycles. The maximum Gasteiger partial charge on any atom is 0.211 e. The van der Waals surface area contributed by atoms with Gasteiger partial charge in [-0.3, -0.25) is 0 Å². The van der Waals surface area contributed by atoms with Crippen molar-refractivity contribution < 1.29 is 13.2 Å². The lowest BCUT2D eigenvalue weighted by molar-refractivity contribution is 0.387. The predicted octanol–water partition coefficient (Wildman–Crippen LogP) is 0.667. The van der Waals surface area contributed by atoms with Crippen molar-refractivity contribution in [3.63, 3.8) is 0 Å². The van der Waals surface area contributed by atoms with Gasteiger partial charge in [0, 0.05) is 37.9 Å². The van der Waals surface area contributed by atoms with Gasteiger partial charge in [-0.15, -0.1) is 0 Å². The molecule has 112 valence electrons. The fourth-order valence-electron chi connectivity index (χ4n) is 2.48. The first kappa shape index (κ1) is 14.9. The summed E-state index contributed by atoms with van der Waals surface area (Å²) in [6.07, 6.45) is 1.25. The van der Waals surface area contributed by atoms with Gasteiger partial charge in [0.1, 0.15) is 5.75 Å². The summed E-state index contributed by atoms with van der Waals surface area (Å²) in [5, 5.41) is 0. The second kappa shape index (κ2) is 5.49. The lowest BCUT2D eigenvalue weighted by atomic mass is 10.1. The van der Waals surface area contributed by atoms with E-state index in [-0.39, 0.29) is 0 Å². The molecule has 6 nitrogen and oxygen atoms in total. The highest BCUT2D eigenvalue weighted by molar-refractivity contribution is 7.88. The van der Waals surface area contributed by atoms with Crippen molar-refractivity contribution in [3.8, 4) is 5.75 Å². The molecule has 1 fully saturated rings. The first-order valence-electron chi connectivity index (χ1n) is 6.47. The van der Waals surface area contributed by atoms with Crippen LogP contribution in [0.3, 0.4) is 0 Å². The van der Waals surface area contributed by atoms with Crippen LogP contribution in [0.1, 0.15) is 5.56 Å². The zero-order valence-electron chi connectivity index (χ0n) is 12.1. The zero-order chi connectivity index (χ0) is 14.9. The number of nitrogens with zero attached hydrogens (tertiary/aromatic N) is 2. The Labute approximate surface area is 120 Å². The molecular formula is C13H21N3O3S. The highest BCUT2D eigenvalue weighted by Gasteiger charge is 2.24. The molecule has 1 heterocycles. The van der Waals surface area contributed by atoms with E-state index in [0.717, 1.165) is 11.3 Å². The Morgan fingerprint density at radius 1 is 1.20 bits per heavy atom. The third-order valence-corrected chi connectivity index (χ3v) is 4.90. The van der Waals surface area contributed by atoms with Crippen molar-refractivity contribution in [3.05, 3.63) is 17.7 Å². The van der Waals surface area contributed by atoms with Gasteiger partial charge in [0.15, 0.2) is 0 Å². The van der Waals surface area contributed by atoms with Crippen LogP contribution in [0.25, 0.3) is 0 Å². The van der Waals surface area contributed by atoms with Crippen molar-refractivity contribution in [2.45, 2.75) is 6.92 Å². The molecule has 1 aromatic rings. The van der Waals surface area contributed by atoms with Crippen LogP contribution >= 0.6 is 0 Å². The second-order valence-corrected chi connectivity index (χ2v) is 7.01. The van der Waals surface area contributed by atoms with Gasteiger partial charge in [0.05, 0.1) is 19.1 Å². The Balaban J connectivity index is 2.19. The van der Waals surface area contributed by atoms with Gasteiger partial charge in [-0.1, -0.05) is 0 Å². The molecule has 0 bridgehead atoms. The maximum absolute atomic E-state index is 11.5. The molecule has 20 heavy (non-hydrogen) atoms. The van der Waals surface area contributed by atoms with Crippen LogP contribution in [0.2, 0.25) is 0 Å². The fourth-order valence-corrected chi connectivity index (χ4v) is 3.30. The van der Waals surface area contributed by atoms with E-state index in [2.05, 4.69) is 4.90 Å². The number of rotatable bonds is 3. The lowest BCUT2D eigenvalue weighted by Crippen LogP contribution is -2.48. The average Bonchev–Trinajstić information content (AvgIpc) is 2.38. The summed E-state index contributed by atoms with van der Waals surface area (Å²) in [6, 6.07) is 3.80. The minimum atomic E-state index is -3.10. The van der Waals surface area contributed by atoms with Gasteiger partial charge in [-0.25, -0.2) is 8.42 Å². The second-order valence-electron chi connectivity index (χ2n) is 5.03. The minimum Gasteiger partial charge on any atom is -0.495 e. The normalized spacial score (nSPS) is 17.2. The monoisotopic (exact) mass is 299 g/mol. The van der Waals surface area contributed by atoms with Gasteiger partial charge in [-0.05, 0) is 18.6 Å². The predicted molar refractivity (Wildman–Crippen MR) is 80.8 cm³/mol. The van der Waals surface area contributed by atoms with E-state index < -0.39 is 10.0 Å². The van der Waals surface area contributed by atoms with Gasteiger partial charge in [0.25, 0.3) is 0 Å². The number of hydrogen-bond acceptors (Lipinski definition) is 5. The van der Waals surface area contributed by atoms with E-state index in [4.69, 9.17) is 10.5 Å².